The lowest BCUT2D eigenvalue weighted by atomic mass is 10.00. The normalized spacial score (nSPS) is 11.9. The summed E-state index contributed by atoms with van der Waals surface area (Å²) in [5, 5.41) is 9.31. The van der Waals surface area contributed by atoms with Crippen molar-refractivity contribution in [2.45, 2.75) is 33.2 Å². The molecule has 1 N–H and O–H groups in total. The maximum absolute atomic E-state index is 11.4. The molecule has 4 nitrogen and oxygen atoms in total. The zero-order chi connectivity index (χ0) is 13.7. The first-order chi connectivity index (χ1) is 8.51. The van der Waals surface area contributed by atoms with Crippen LogP contribution in [0.1, 0.15) is 36.1 Å². The highest BCUT2D eigenvalue weighted by Gasteiger charge is 2.26. The second-order valence-corrected chi connectivity index (χ2v) is 4.43. The summed E-state index contributed by atoms with van der Waals surface area (Å²) < 4.78 is 0. The van der Waals surface area contributed by atoms with Gasteiger partial charge in [0.15, 0.2) is 6.04 Å². The predicted octanol–water partition coefficient (Wildman–Crippen LogP) is 2.30. The summed E-state index contributed by atoms with van der Waals surface area (Å²) in [6.07, 6.45) is 1.34. The van der Waals surface area contributed by atoms with Gasteiger partial charge in [0.25, 0.3) is 0 Å². The van der Waals surface area contributed by atoms with E-state index in [2.05, 4.69) is 0 Å². The molecule has 4 heteroatoms. The van der Waals surface area contributed by atoms with E-state index in [-0.39, 0.29) is 0 Å². The maximum Gasteiger partial charge on any atom is 0.331 e. The van der Waals surface area contributed by atoms with Crippen molar-refractivity contribution >= 4 is 12.4 Å². The van der Waals surface area contributed by atoms with Gasteiger partial charge in [-0.15, -0.1) is 0 Å². The summed E-state index contributed by atoms with van der Waals surface area (Å²) in [5.74, 6) is -1.00. The van der Waals surface area contributed by atoms with Gasteiger partial charge in [-0.05, 0) is 37.0 Å². The Morgan fingerprint density at radius 3 is 2.50 bits per heavy atom. The minimum Gasteiger partial charge on any atom is -0.479 e. The second kappa shape index (κ2) is 6.19. The molecule has 0 saturated heterocycles. The minimum atomic E-state index is -1.00. The lowest BCUT2D eigenvalue weighted by molar-refractivity contribution is -0.146. The van der Waals surface area contributed by atoms with Crippen molar-refractivity contribution in [3.05, 3.63) is 34.9 Å². The fraction of sp³-hybridized carbons (Fsp3) is 0.429. The monoisotopic (exact) mass is 249 g/mol. The first-order valence-electron chi connectivity index (χ1n) is 6.02. The van der Waals surface area contributed by atoms with Gasteiger partial charge < -0.3 is 10.0 Å². The Hall–Kier alpha value is -1.84. The summed E-state index contributed by atoms with van der Waals surface area (Å²) in [6, 6.07) is 4.59. The number of hydrogen-bond acceptors (Lipinski definition) is 2. The minimum absolute atomic E-state index is 0.438. The summed E-state index contributed by atoms with van der Waals surface area (Å²) in [5.41, 5.74) is 2.78. The lowest BCUT2D eigenvalue weighted by Gasteiger charge is -2.25. The summed E-state index contributed by atoms with van der Waals surface area (Å²) in [6.45, 7) is 6.25. The van der Waals surface area contributed by atoms with E-state index in [1.54, 1.807) is 6.07 Å². The topological polar surface area (TPSA) is 57.6 Å². The average molecular weight is 249 g/mol. The van der Waals surface area contributed by atoms with Crippen LogP contribution in [0.15, 0.2) is 18.2 Å². The van der Waals surface area contributed by atoms with Gasteiger partial charge in [0.05, 0.1) is 0 Å². The highest BCUT2D eigenvalue weighted by molar-refractivity contribution is 5.78. The van der Waals surface area contributed by atoms with Crippen LogP contribution in [-0.2, 0) is 9.59 Å². The van der Waals surface area contributed by atoms with Gasteiger partial charge in [-0.25, -0.2) is 4.79 Å². The van der Waals surface area contributed by atoms with Gasteiger partial charge in [0.1, 0.15) is 0 Å². The van der Waals surface area contributed by atoms with Gasteiger partial charge >= 0.3 is 5.97 Å². The number of rotatable bonds is 6. The van der Waals surface area contributed by atoms with Crippen molar-refractivity contribution in [1.82, 2.24) is 4.90 Å². The molecule has 1 rings (SSSR count). The summed E-state index contributed by atoms with van der Waals surface area (Å²) in [4.78, 5) is 23.7. The van der Waals surface area contributed by atoms with Gasteiger partial charge in [-0.1, -0.05) is 25.1 Å². The quantitative estimate of drug-likeness (QED) is 0.787. The standard InChI is InChI=1S/C14H19NO3/c1-4-7-15(9-16)13(14(17)18)12-6-5-10(2)11(3)8-12/h5-6,8-9,13H,4,7H2,1-3H3,(H,17,18). The average Bonchev–Trinajstić information content (AvgIpc) is 2.32. The van der Waals surface area contributed by atoms with Crippen molar-refractivity contribution in [3.63, 3.8) is 0 Å². The highest BCUT2D eigenvalue weighted by atomic mass is 16.4. The third-order valence-corrected chi connectivity index (χ3v) is 3.03. The number of hydrogen-bond donors (Lipinski definition) is 1. The molecule has 1 aromatic carbocycles. The molecule has 18 heavy (non-hydrogen) atoms. The van der Waals surface area contributed by atoms with Crippen molar-refractivity contribution in [1.29, 1.82) is 0 Å². The van der Waals surface area contributed by atoms with E-state index in [0.717, 1.165) is 17.5 Å². The van der Waals surface area contributed by atoms with Crippen LogP contribution in [0.2, 0.25) is 0 Å². The molecule has 0 saturated carbocycles. The zero-order valence-corrected chi connectivity index (χ0v) is 11.0. The molecule has 0 aliphatic heterocycles. The van der Waals surface area contributed by atoms with E-state index in [1.165, 1.54) is 4.90 Å². The van der Waals surface area contributed by atoms with Crippen LogP contribution in [0.25, 0.3) is 0 Å². The third kappa shape index (κ3) is 3.09. The predicted molar refractivity (Wildman–Crippen MR) is 69.4 cm³/mol. The Balaban J connectivity index is 3.14. The van der Waals surface area contributed by atoms with Crippen molar-refractivity contribution in [2.24, 2.45) is 0 Å². The van der Waals surface area contributed by atoms with Crippen molar-refractivity contribution < 1.29 is 14.7 Å². The molecule has 0 aromatic heterocycles. The number of amides is 1. The van der Waals surface area contributed by atoms with Crippen LogP contribution >= 0.6 is 0 Å². The molecule has 1 amide bonds. The number of aliphatic carboxylic acids is 1. The zero-order valence-electron chi connectivity index (χ0n) is 11.0. The molecule has 98 valence electrons. The number of carboxylic acid groups (broad SMARTS) is 1. The van der Waals surface area contributed by atoms with Gasteiger partial charge in [0.2, 0.25) is 6.41 Å². The fourth-order valence-corrected chi connectivity index (χ4v) is 1.91. The number of carbonyl (C=O) groups excluding carboxylic acids is 1. The van der Waals surface area contributed by atoms with Crippen LogP contribution in [0.4, 0.5) is 0 Å². The molecular formula is C14H19NO3. The smallest absolute Gasteiger partial charge is 0.331 e. The van der Waals surface area contributed by atoms with Crippen LogP contribution in [0.5, 0.6) is 0 Å². The number of carbonyl (C=O) groups is 2. The molecule has 0 aliphatic rings. The van der Waals surface area contributed by atoms with E-state index in [9.17, 15) is 14.7 Å². The molecule has 0 radical (unpaired) electrons. The molecule has 1 unspecified atom stereocenters. The van der Waals surface area contributed by atoms with E-state index in [4.69, 9.17) is 0 Å². The number of nitrogens with zero attached hydrogens (tertiary/aromatic N) is 1. The van der Waals surface area contributed by atoms with Crippen molar-refractivity contribution in [2.75, 3.05) is 6.54 Å². The maximum atomic E-state index is 11.4. The SMILES string of the molecule is CCCN(C=O)C(C(=O)O)c1ccc(C)c(C)c1. The van der Waals surface area contributed by atoms with Gasteiger partial charge in [0, 0.05) is 6.54 Å². The first kappa shape index (κ1) is 14.2. The van der Waals surface area contributed by atoms with Crippen LogP contribution in [0.3, 0.4) is 0 Å². The summed E-state index contributed by atoms with van der Waals surface area (Å²) >= 11 is 0. The molecule has 0 fully saturated rings. The highest BCUT2D eigenvalue weighted by Crippen LogP contribution is 2.22. The Labute approximate surface area is 107 Å². The Morgan fingerprint density at radius 2 is 2.06 bits per heavy atom. The molecule has 1 atom stereocenters. The number of benzene rings is 1. The number of aryl methyl sites for hydroxylation is 2. The van der Waals surface area contributed by atoms with E-state index in [0.29, 0.717) is 18.5 Å². The summed E-state index contributed by atoms with van der Waals surface area (Å²) in [7, 11) is 0. The molecular weight excluding hydrogens is 230 g/mol. The fourth-order valence-electron chi connectivity index (χ4n) is 1.91. The van der Waals surface area contributed by atoms with Crippen LogP contribution in [0, 0.1) is 13.8 Å². The Morgan fingerprint density at radius 1 is 1.39 bits per heavy atom. The van der Waals surface area contributed by atoms with Crippen molar-refractivity contribution in [3.8, 4) is 0 Å². The van der Waals surface area contributed by atoms with Gasteiger partial charge in [-0.2, -0.15) is 0 Å². The largest absolute Gasteiger partial charge is 0.479 e. The third-order valence-electron chi connectivity index (χ3n) is 3.03. The van der Waals surface area contributed by atoms with Gasteiger partial charge in [-0.3, -0.25) is 4.79 Å². The molecule has 0 spiro atoms. The Bertz CT molecular complexity index is 443. The molecule has 0 heterocycles. The molecule has 0 bridgehead atoms. The lowest BCUT2D eigenvalue weighted by Crippen LogP contribution is -2.33. The van der Waals surface area contributed by atoms with Crippen LogP contribution < -0.4 is 0 Å². The van der Waals surface area contributed by atoms with E-state index < -0.39 is 12.0 Å². The number of carboxylic acids is 1. The molecule has 1 aromatic rings. The van der Waals surface area contributed by atoms with E-state index in [1.807, 2.05) is 32.9 Å². The second-order valence-electron chi connectivity index (χ2n) is 4.43. The Kier molecular flexibility index (Phi) is 4.89. The molecule has 0 aliphatic carbocycles. The van der Waals surface area contributed by atoms with E-state index >= 15 is 0 Å². The first-order valence-corrected chi connectivity index (χ1v) is 6.02. The van der Waals surface area contributed by atoms with Crippen LogP contribution in [-0.4, -0.2) is 28.9 Å².